The van der Waals surface area contributed by atoms with Crippen LogP contribution >= 0.6 is 23.1 Å². The van der Waals surface area contributed by atoms with E-state index in [0.29, 0.717) is 16.6 Å². The van der Waals surface area contributed by atoms with Crippen molar-refractivity contribution in [1.29, 1.82) is 0 Å². The van der Waals surface area contributed by atoms with Gasteiger partial charge in [0, 0.05) is 21.1 Å². The molecule has 0 saturated heterocycles. The van der Waals surface area contributed by atoms with Gasteiger partial charge >= 0.3 is 0 Å². The molecule has 2 aliphatic rings. The van der Waals surface area contributed by atoms with E-state index >= 15 is 0 Å². The second-order valence-electron chi connectivity index (χ2n) is 5.93. The maximum Gasteiger partial charge on any atom is 0.270 e. The lowest BCUT2D eigenvalue weighted by Gasteiger charge is -2.25. The molecule has 0 bridgehead atoms. The van der Waals surface area contributed by atoms with E-state index in [1.165, 1.54) is 21.1 Å². The Labute approximate surface area is 158 Å². The molecule has 1 N–H and O–H groups in total. The number of nitrogens with zero attached hydrogens (tertiary/aromatic N) is 1. The molecule has 3 aromatic rings. The molecule has 1 atom stereocenters. The molecule has 130 valence electrons. The Morgan fingerprint density at radius 3 is 2.85 bits per heavy atom. The van der Waals surface area contributed by atoms with Gasteiger partial charge in [0.25, 0.3) is 5.91 Å². The van der Waals surface area contributed by atoms with E-state index in [-0.39, 0.29) is 12.5 Å². The van der Waals surface area contributed by atoms with Gasteiger partial charge in [-0.15, -0.1) is 23.1 Å². The highest BCUT2D eigenvalue weighted by atomic mass is 32.2. The highest BCUT2D eigenvalue weighted by Gasteiger charge is 2.29. The number of rotatable bonds is 2. The molecule has 7 heteroatoms. The number of nitrogens with one attached hydrogen (secondary N) is 1. The zero-order valence-corrected chi connectivity index (χ0v) is 15.2. The first-order valence-corrected chi connectivity index (χ1v) is 9.99. The largest absolute Gasteiger partial charge is 0.485 e. The second kappa shape index (κ2) is 6.34. The van der Waals surface area contributed by atoms with E-state index in [1.807, 2.05) is 30.3 Å². The number of thioether (sulfide) groups is 1. The lowest BCUT2D eigenvalue weighted by Crippen LogP contribution is -2.40. The summed E-state index contributed by atoms with van der Waals surface area (Å²) in [5.74, 6) is 1.88. The van der Waals surface area contributed by atoms with Gasteiger partial charge in [-0.2, -0.15) is 0 Å². The third kappa shape index (κ3) is 2.73. The summed E-state index contributed by atoms with van der Waals surface area (Å²) in [6.07, 6.45) is -0.688. The van der Waals surface area contributed by atoms with Crippen molar-refractivity contribution in [2.24, 2.45) is 0 Å². The van der Waals surface area contributed by atoms with Gasteiger partial charge in [-0.25, -0.2) is 4.98 Å². The topological polar surface area (TPSA) is 60.5 Å². The minimum Gasteiger partial charge on any atom is -0.485 e. The number of benzene rings is 2. The molecule has 1 aromatic heterocycles. The molecule has 2 aromatic carbocycles. The van der Waals surface area contributed by atoms with Gasteiger partial charge in [0.1, 0.15) is 6.61 Å². The molecule has 5 nitrogen and oxygen atoms in total. The summed E-state index contributed by atoms with van der Waals surface area (Å²) in [6, 6.07) is 15.6. The van der Waals surface area contributed by atoms with Gasteiger partial charge in [-0.3, -0.25) is 10.1 Å². The number of fused-ring (bicyclic) bond motifs is 4. The Balaban J connectivity index is 1.35. The molecule has 5 rings (SSSR count). The number of hydrogen-bond donors (Lipinski definition) is 1. The molecule has 0 spiro atoms. The Hall–Kier alpha value is -2.51. The van der Waals surface area contributed by atoms with Crippen molar-refractivity contribution in [1.82, 2.24) is 4.98 Å². The smallest absolute Gasteiger partial charge is 0.270 e. The zero-order chi connectivity index (χ0) is 17.5. The van der Waals surface area contributed by atoms with Crippen molar-refractivity contribution in [3.05, 3.63) is 53.4 Å². The minimum atomic E-state index is -0.688. The molecule has 0 saturated carbocycles. The van der Waals surface area contributed by atoms with E-state index in [1.54, 1.807) is 17.8 Å². The second-order valence-corrected chi connectivity index (χ2v) is 8.03. The van der Waals surface area contributed by atoms with Crippen molar-refractivity contribution in [3.63, 3.8) is 0 Å². The molecule has 1 amide bonds. The van der Waals surface area contributed by atoms with Crippen LogP contribution in [-0.2, 0) is 10.5 Å². The third-order valence-electron chi connectivity index (χ3n) is 4.23. The number of thiazole rings is 1. The van der Waals surface area contributed by atoms with Gasteiger partial charge < -0.3 is 9.47 Å². The highest BCUT2D eigenvalue weighted by Crippen LogP contribution is 2.44. The fraction of sp³-hybridized carbons (Fsp3) is 0.158. The van der Waals surface area contributed by atoms with Crippen LogP contribution in [0.4, 0.5) is 5.13 Å². The van der Waals surface area contributed by atoms with E-state index in [4.69, 9.17) is 9.47 Å². The van der Waals surface area contributed by atoms with Gasteiger partial charge in [0.2, 0.25) is 6.10 Å². The van der Waals surface area contributed by atoms with E-state index < -0.39 is 6.10 Å². The molecular formula is C19H14N2O3S2. The number of anilines is 1. The lowest BCUT2D eigenvalue weighted by atomic mass is 10.1. The summed E-state index contributed by atoms with van der Waals surface area (Å²) in [5, 5.41) is 3.48. The quantitative estimate of drug-likeness (QED) is 0.720. The molecule has 0 aliphatic carbocycles. The van der Waals surface area contributed by atoms with Gasteiger partial charge in [0.05, 0.1) is 5.69 Å². The van der Waals surface area contributed by atoms with Crippen molar-refractivity contribution >= 4 is 34.1 Å². The van der Waals surface area contributed by atoms with Gasteiger partial charge in [0.15, 0.2) is 16.6 Å². The van der Waals surface area contributed by atoms with E-state index in [2.05, 4.69) is 22.4 Å². The average Bonchev–Trinajstić information content (AvgIpc) is 3.10. The van der Waals surface area contributed by atoms with Crippen LogP contribution in [-0.4, -0.2) is 23.6 Å². The van der Waals surface area contributed by atoms with Crippen LogP contribution in [0.2, 0.25) is 0 Å². The Morgan fingerprint density at radius 2 is 1.92 bits per heavy atom. The van der Waals surface area contributed by atoms with Crippen LogP contribution < -0.4 is 14.8 Å². The molecule has 0 unspecified atom stereocenters. The molecule has 26 heavy (non-hydrogen) atoms. The van der Waals surface area contributed by atoms with Crippen LogP contribution in [0.25, 0.3) is 11.3 Å². The number of hydrogen-bond acceptors (Lipinski definition) is 6. The number of carbonyl (C=O) groups excluding carboxylic acids is 1. The first kappa shape index (κ1) is 15.7. The molecular weight excluding hydrogens is 368 g/mol. The van der Waals surface area contributed by atoms with Crippen LogP contribution in [0, 0.1) is 0 Å². The summed E-state index contributed by atoms with van der Waals surface area (Å²) in [7, 11) is 0. The number of carbonyl (C=O) groups is 1. The Morgan fingerprint density at radius 1 is 1.12 bits per heavy atom. The lowest BCUT2D eigenvalue weighted by molar-refractivity contribution is -0.125. The average molecular weight is 382 g/mol. The van der Waals surface area contributed by atoms with E-state index in [0.717, 1.165) is 17.0 Å². The van der Waals surface area contributed by atoms with Crippen LogP contribution in [0.1, 0.15) is 4.88 Å². The van der Waals surface area contributed by atoms with Crippen molar-refractivity contribution in [3.8, 4) is 22.8 Å². The number of ether oxygens (including phenoxy) is 2. The zero-order valence-electron chi connectivity index (χ0n) is 13.6. The van der Waals surface area contributed by atoms with Crippen molar-refractivity contribution < 1.29 is 14.3 Å². The van der Waals surface area contributed by atoms with Crippen molar-refractivity contribution in [2.45, 2.75) is 16.8 Å². The molecule has 3 heterocycles. The van der Waals surface area contributed by atoms with Crippen LogP contribution in [0.3, 0.4) is 0 Å². The summed E-state index contributed by atoms with van der Waals surface area (Å²) in [6.45, 7) is 0.187. The fourth-order valence-corrected chi connectivity index (χ4v) is 5.08. The predicted octanol–water partition coefficient (Wildman–Crippen LogP) is 4.19. The van der Waals surface area contributed by atoms with Crippen LogP contribution in [0.5, 0.6) is 11.5 Å². The fourth-order valence-electron chi connectivity index (χ4n) is 2.98. The SMILES string of the molecule is O=C(Nc1nc2c(s1)CSc1ccccc1-2)[C@@H]1COc2ccccc2O1. The first-order chi connectivity index (χ1) is 12.8. The Bertz CT molecular complexity index is 1000. The third-order valence-corrected chi connectivity index (χ3v) is 6.48. The molecule has 2 aliphatic heterocycles. The highest BCUT2D eigenvalue weighted by molar-refractivity contribution is 7.98. The predicted molar refractivity (Wildman–Crippen MR) is 102 cm³/mol. The summed E-state index contributed by atoms with van der Waals surface area (Å²) in [5.41, 5.74) is 2.09. The summed E-state index contributed by atoms with van der Waals surface area (Å²) < 4.78 is 11.4. The van der Waals surface area contributed by atoms with Crippen molar-refractivity contribution in [2.75, 3.05) is 11.9 Å². The number of amides is 1. The first-order valence-electron chi connectivity index (χ1n) is 8.19. The number of aromatic nitrogens is 1. The molecule has 0 radical (unpaired) electrons. The maximum atomic E-state index is 12.6. The summed E-state index contributed by atoms with van der Waals surface area (Å²) in [4.78, 5) is 19.6. The van der Waals surface area contributed by atoms with Gasteiger partial charge in [-0.05, 0) is 18.2 Å². The molecule has 0 fully saturated rings. The van der Waals surface area contributed by atoms with E-state index in [9.17, 15) is 4.79 Å². The number of para-hydroxylation sites is 2. The standard InChI is InChI=1S/C19H14N2O3S2/c22-18(14-9-23-12-6-2-3-7-13(12)24-14)21-19-20-17-11-5-1-4-8-15(11)25-10-16(17)26-19/h1-8,14H,9-10H2,(H,20,21,22)/t14-/m0/s1. The monoisotopic (exact) mass is 382 g/mol. The normalized spacial score (nSPS) is 17.2. The Kier molecular flexibility index (Phi) is 3.83. The van der Waals surface area contributed by atoms with Crippen LogP contribution in [0.15, 0.2) is 53.4 Å². The van der Waals surface area contributed by atoms with Gasteiger partial charge in [-0.1, -0.05) is 30.3 Å². The summed E-state index contributed by atoms with van der Waals surface area (Å²) >= 11 is 3.31. The maximum absolute atomic E-state index is 12.6. The minimum absolute atomic E-state index is 0.187.